The summed E-state index contributed by atoms with van der Waals surface area (Å²) < 4.78 is 13.7. The maximum Gasteiger partial charge on any atom is 0.174 e. The molecule has 0 bridgehead atoms. The number of halogens is 3. The van der Waals surface area contributed by atoms with Gasteiger partial charge in [0.15, 0.2) is 5.84 Å². The minimum Gasteiger partial charge on any atom is -0.409 e. The van der Waals surface area contributed by atoms with Crippen molar-refractivity contribution in [3.8, 4) is 0 Å². The third kappa shape index (κ3) is 2.10. The molecule has 6 heteroatoms. The van der Waals surface area contributed by atoms with Crippen LogP contribution < -0.4 is 5.73 Å². The van der Waals surface area contributed by atoms with E-state index < -0.39 is 5.82 Å². The van der Waals surface area contributed by atoms with Crippen LogP contribution >= 0.6 is 27.5 Å². The van der Waals surface area contributed by atoms with Crippen LogP contribution in [0.4, 0.5) is 4.39 Å². The van der Waals surface area contributed by atoms with E-state index in [9.17, 15) is 4.39 Å². The van der Waals surface area contributed by atoms with Gasteiger partial charge in [-0.2, -0.15) is 0 Å². The minimum absolute atomic E-state index is 0.0853. The van der Waals surface area contributed by atoms with Crippen molar-refractivity contribution in [3.05, 3.63) is 33.0 Å². The maximum absolute atomic E-state index is 13.2. The molecule has 0 aliphatic heterocycles. The summed E-state index contributed by atoms with van der Waals surface area (Å²) in [6.45, 7) is 0. The van der Waals surface area contributed by atoms with Gasteiger partial charge in [-0.1, -0.05) is 32.7 Å². The Morgan fingerprint density at radius 3 is 2.69 bits per heavy atom. The molecule has 13 heavy (non-hydrogen) atoms. The average Bonchev–Trinajstić information content (AvgIpc) is 2.02. The normalized spacial score (nSPS) is 11.8. The predicted octanol–water partition coefficient (Wildman–Crippen LogP) is 2.34. The summed E-state index contributed by atoms with van der Waals surface area (Å²) >= 11 is 8.72. The van der Waals surface area contributed by atoms with Crippen molar-refractivity contribution >= 4 is 33.4 Å². The van der Waals surface area contributed by atoms with Gasteiger partial charge in [-0.25, -0.2) is 4.39 Å². The summed E-state index contributed by atoms with van der Waals surface area (Å²) in [6, 6.07) is 2.64. The Hall–Kier alpha value is -0.810. The summed E-state index contributed by atoms with van der Waals surface area (Å²) in [5.41, 5.74) is 5.10. The van der Waals surface area contributed by atoms with E-state index in [1.54, 1.807) is 0 Å². The maximum atomic E-state index is 13.2. The zero-order valence-electron chi connectivity index (χ0n) is 6.26. The van der Waals surface area contributed by atoms with Gasteiger partial charge in [0, 0.05) is 4.47 Å². The summed E-state index contributed by atoms with van der Waals surface area (Å²) in [4.78, 5) is 0. The lowest BCUT2D eigenvalue weighted by Crippen LogP contribution is -2.15. The number of oxime groups is 1. The van der Waals surface area contributed by atoms with Crippen molar-refractivity contribution in [1.29, 1.82) is 0 Å². The van der Waals surface area contributed by atoms with Gasteiger partial charge >= 0.3 is 0 Å². The van der Waals surface area contributed by atoms with Crippen molar-refractivity contribution in [2.45, 2.75) is 0 Å². The van der Waals surface area contributed by atoms with Crippen molar-refractivity contribution in [1.82, 2.24) is 0 Å². The Morgan fingerprint density at radius 1 is 1.62 bits per heavy atom. The lowest BCUT2D eigenvalue weighted by atomic mass is 10.2. The average molecular weight is 267 g/mol. The second-order valence-corrected chi connectivity index (χ2v) is 3.55. The molecule has 0 radical (unpaired) electrons. The second kappa shape index (κ2) is 3.93. The van der Waals surface area contributed by atoms with E-state index in [0.717, 1.165) is 0 Å². The number of benzene rings is 1. The van der Waals surface area contributed by atoms with E-state index in [0.29, 0.717) is 4.47 Å². The van der Waals surface area contributed by atoms with Gasteiger partial charge in [-0.3, -0.25) is 0 Å². The molecule has 0 saturated heterocycles. The Labute approximate surface area is 87.1 Å². The van der Waals surface area contributed by atoms with Crippen molar-refractivity contribution in [3.63, 3.8) is 0 Å². The van der Waals surface area contributed by atoms with Gasteiger partial charge in [0.25, 0.3) is 0 Å². The first-order valence-electron chi connectivity index (χ1n) is 3.18. The van der Waals surface area contributed by atoms with Crippen LogP contribution in [0, 0.1) is 5.82 Å². The van der Waals surface area contributed by atoms with Crippen molar-refractivity contribution < 1.29 is 9.60 Å². The smallest absolute Gasteiger partial charge is 0.174 e. The summed E-state index contributed by atoms with van der Waals surface area (Å²) in [7, 11) is 0. The van der Waals surface area contributed by atoms with E-state index in [-0.39, 0.29) is 16.4 Å². The summed E-state index contributed by atoms with van der Waals surface area (Å²) in [5.74, 6) is -0.996. The van der Waals surface area contributed by atoms with Gasteiger partial charge in [-0.15, -0.1) is 0 Å². The van der Waals surface area contributed by atoms with Gasteiger partial charge < -0.3 is 10.9 Å². The Bertz CT molecular complexity index is 347. The van der Waals surface area contributed by atoms with Crippen LogP contribution in [0.1, 0.15) is 5.56 Å². The van der Waals surface area contributed by atoms with E-state index in [4.69, 9.17) is 22.5 Å². The summed E-state index contributed by atoms with van der Waals surface area (Å²) in [6.07, 6.45) is 0. The van der Waals surface area contributed by atoms with Gasteiger partial charge in [0.2, 0.25) is 0 Å². The fourth-order valence-corrected chi connectivity index (χ4v) is 1.70. The monoisotopic (exact) mass is 266 g/mol. The third-order valence-electron chi connectivity index (χ3n) is 1.37. The predicted molar refractivity (Wildman–Crippen MR) is 51.6 cm³/mol. The molecule has 0 aliphatic rings. The molecule has 0 saturated carbocycles. The van der Waals surface area contributed by atoms with Crippen molar-refractivity contribution in [2.75, 3.05) is 0 Å². The molecule has 0 amide bonds. The first-order chi connectivity index (χ1) is 6.06. The van der Waals surface area contributed by atoms with Crippen molar-refractivity contribution in [2.24, 2.45) is 10.9 Å². The molecule has 3 N–H and O–H groups in total. The van der Waals surface area contributed by atoms with Crippen LogP contribution in [-0.2, 0) is 0 Å². The molecular formula is C7H5BrClFN2O. The molecule has 1 aromatic rings. The van der Waals surface area contributed by atoms with Crippen LogP contribution in [0.25, 0.3) is 0 Å². The topological polar surface area (TPSA) is 58.6 Å². The molecule has 0 aliphatic carbocycles. The third-order valence-corrected chi connectivity index (χ3v) is 2.13. The van der Waals surface area contributed by atoms with Crippen LogP contribution in [0.5, 0.6) is 0 Å². The van der Waals surface area contributed by atoms with E-state index in [2.05, 4.69) is 21.1 Å². The molecule has 0 heterocycles. The van der Waals surface area contributed by atoms with Gasteiger partial charge in [0.05, 0.1) is 10.6 Å². The van der Waals surface area contributed by atoms with Crippen LogP contribution in [0.2, 0.25) is 5.02 Å². The second-order valence-electron chi connectivity index (χ2n) is 2.23. The molecule has 0 fully saturated rings. The quantitative estimate of drug-likeness (QED) is 0.355. The fraction of sp³-hybridized carbons (Fsp3) is 0. The number of hydrogen-bond acceptors (Lipinski definition) is 2. The summed E-state index contributed by atoms with van der Waals surface area (Å²) in [5, 5.41) is 11.1. The Kier molecular flexibility index (Phi) is 3.11. The number of nitrogens with zero attached hydrogens (tertiary/aromatic N) is 1. The first-order valence-corrected chi connectivity index (χ1v) is 4.35. The highest BCUT2D eigenvalue weighted by Crippen LogP contribution is 2.24. The van der Waals surface area contributed by atoms with E-state index >= 15 is 0 Å². The van der Waals surface area contributed by atoms with Crippen LogP contribution in [0.3, 0.4) is 0 Å². The van der Waals surface area contributed by atoms with Gasteiger partial charge in [0.1, 0.15) is 5.82 Å². The molecule has 0 unspecified atom stereocenters. The Balaban J connectivity index is 3.37. The molecule has 0 atom stereocenters. The van der Waals surface area contributed by atoms with Gasteiger partial charge in [-0.05, 0) is 12.1 Å². The zero-order chi connectivity index (χ0) is 10.0. The molecular weight excluding hydrogens is 262 g/mol. The highest BCUT2D eigenvalue weighted by atomic mass is 79.9. The molecule has 0 aromatic heterocycles. The molecule has 1 rings (SSSR count). The van der Waals surface area contributed by atoms with Crippen LogP contribution in [-0.4, -0.2) is 11.0 Å². The lowest BCUT2D eigenvalue weighted by Gasteiger charge is -2.03. The van der Waals surface area contributed by atoms with E-state index in [1.165, 1.54) is 12.1 Å². The number of nitrogens with two attached hydrogens (primary N) is 1. The molecule has 70 valence electrons. The number of rotatable bonds is 1. The molecule has 0 spiro atoms. The molecule has 3 nitrogen and oxygen atoms in total. The molecule has 1 aromatic carbocycles. The minimum atomic E-state index is -0.644. The highest BCUT2D eigenvalue weighted by Gasteiger charge is 2.12. The lowest BCUT2D eigenvalue weighted by molar-refractivity contribution is 0.318. The van der Waals surface area contributed by atoms with Crippen LogP contribution in [0.15, 0.2) is 21.8 Å². The Morgan fingerprint density at radius 2 is 2.23 bits per heavy atom. The van der Waals surface area contributed by atoms with E-state index in [1.807, 2.05) is 0 Å². The zero-order valence-corrected chi connectivity index (χ0v) is 8.60. The number of amidine groups is 1. The standard InChI is InChI=1S/C7H5BrClFN2O/c8-3-1-4(9)6(5(10)2-3)7(11)12-13/h1-2,13H,(H2,11,12). The fourth-order valence-electron chi connectivity index (χ4n) is 0.837. The number of hydrogen-bond donors (Lipinski definition) is 2. The largest absolute Gasteiger partial charge is 0.409 e. The highest BCUT2D eigenvalue weighted by molar-refractivity contribution is 9.10. The SMILES string of the molecule is NC(=NO)c1c(F)cc(Br)cc1Cl. The first kappa shape index (κ1) is 10.3.